The third kappa shape index (κ3) is 5.31. The van der Waals surface area contributed by atoms with Crippen molar-refractivity contribution in [3.05, 3.63) is 82.2 Å². The van der Waals surface area contributed by atoms with Crippen LogP contribution < -0.4 is 4.72 Å². The number of carbonyl (C=O) groups excluding carboxylic acids is 1. The number of ketones is 1. The van der Waals surface area contributed by atoms with E-state index in [1.54, 1.807) is 54.7 Å². The van der Waals surface area contributed by atoms with Crippen molar-refractivity contribution in [3.63, 3.8) is 0 Å². The average Bonchev–Trinajstić information content (AvgIpc) is 2.70. The Bertz CT molecular complexity index is 1160. The lowest BCUT2D eigenvalue weighted by atomic mass is 9.87. The Morgan fingerprint density at radius 1 is 1.07 bits per heavy atom. The summed E-state index contributed by atoms with van der Waals surface area (Å²) in [7, 11) is -3.83. The number of pyridine rings is 2. The Balaban J connectivity index is 1.82. The third-order valence-electron chi connectivity index (χ3n) is 4.49. The first-order valence-electron chi connectivity index (χ1n) is 9.28. The molecular weight excluding hydrogens is 466 g/mol. The lowest BCUT2D eigenvalue weighted by Gasteiger charge is -2.19. The number of aromatic nitrogens is 2. The lowest BCUT2D eigenvalue weighted by Crippen LogP contribution is -2.16. The molecule has 1 aromatic carbocycles. The highest BCUT2D eigenvalue weighted by Crippen LogP contribution is 2.26. The fourth-order valence-corrected chi connectivity index (χ4v) is 4.24. The van der Waals surface area contributed by atoms with Crippen LogP contribution in [0.2, 0.25) is 0 Å². The summed E-state index contributed by atoms with van der Waals surface area (Å²) in [5.74, 6) is -0.0177. The Morgan fingerprint density at radius 3 is 2.37 bits per heavy atom. The number of hydrogen-bond donors (Lipinski definition) is 1. The summed E-state index contributed by atoms with van der Waals surface area (Å²) in [5.41, 5.74) is 1.89. The van der Waals surface area contributed by atoms with Gasteiger partial charge in [-0.3, -0.25) is 14.5 Å². The van der Waals surface area contributed by atoms with E-state index in [4.69, 9.17) is 0 Å². The van der Waals surface area contributed by atoms with Crippen LogP contribution in [0.15, 0.2) is 70.3 Å². The molecule has 30 heavy (non-hydrogen) atoms. The quantitative estimate of drug-likeness (QED) is 0.506. The van der Waals surface area contributed by atoms with Crippen LogP contribution in [0.3, 0.4) is 0 Å². The van der Waals surface area contributed by atoms with Crippen molar-refractivity contribution in [3.8, 4) is 0 Å². The Hall–Kier alpha value is -2.58. The second-order valence-electron chi connectivity index (χ2n) is 7.85. The Labute approximate surface area is 185 Å². The van der Waals surface area contributed by atoms with Gasteiger partial charge >= 0.3 is 0 Å². The molecule has 0 saturated carbocycles. The summed E-state index contributed by atoms with van der Waals surface area (Å²) >= 11 is 3.32. The first-order chi connectivity index (χ1) is 14.1. The summed E-state index contributed by atoms with van der Waals surface area (Å²) in [4.78, 5) is 20.8. The summed E-state index contributed by atoms with van der Waals surface area (Å²) < 4.78 is 28.6. The highest BCUT2D eigenvalue weighted by molar-refractivity contribution is 9.10. The molecule has 3 rings (SSSR count). The fourth-order valence-electron chi connectivity index (χ4n) is 2.77. The van der Waals surface area contributed by atoms with E-state index in [1.807, 2.05) is 0 Å². The molecule has 3 aromatic rings. The molecule has 156 valence electrons. The van der Waals surface area contributed by atoms with Gasteiger partial charge in [0.1, 0.15) is 0 Å². The van der Waals surface area contributed by atoms with Crippen molar-refractivity contribution >= 4 is 37.6 Å². The molecule has 2 heterocycles. The summed E-state index contributed by atoms with van der Waals surface area (Å²) in [6.07, 6.45) is 3.12. The van der Waals surface area contributed by atoms with Gasteiger partial charge < -0.3 is 0 Å². The number of carbonyl (C=O) groups is 1. The molecule has 0 radical (unpaired) electrons. The predicted octanol–water partition coefficient (Wildman–Crippen LogP) is 4.76. The molecule has 0 spiro atoms. The number of anilines is 1. The van der Waals surface area contributed by atoms with E-state index in [-0.39, 0.29) is 28.3 Å². The molecular formula is C22H22BrN3O3S. The summed E-state index contributed by atoms with van der Waals surface area (Å²) in [6.45, 7) is 6.19. The van der Waals surface area contributed by atoms with E-state index >= 15 is 0 Å². The largest absolute Gasteiger partial charge is 0.294 e. The van der Waals surface area contributed by atoms with Crippen LogP contribution in [0.1, 0.15) is 42.4 Å². The molecule has 6 nitrogen and oxygen atoms in total. The van der Waals surface area contributed by atoms with Gasteiger partial charge in [-0.1, -0.05) is 32.9 Å². The maximum absolute atomic E-state index is 12.8. The van der Waals surface area contributed by atoms with E-state index in [9.17, 15) is 13.2 Å². The van der Waals surface area contributed by atoms with Crippen molar-refractivity contribution in [1.82, 2.24) is 9.97 Å². The van der Waals surface area contributed by atoms with Gasteiger partial charge in [-0.15, -0.1) is 0 Å². The second-order valence-corrected chi connectivity index (χ2v) is 10.4. The number of benzene rings is 1. The van der Waals surface area contributed by atoms with Crippen molar-refractivity contribution < 1.29 is 13.2 Å². The van der Waals surface area contributed by atoms with Gasteiger partial charge in [-0.05, 0) is 63.3 Å². The van der Waals surface area contributed by atoms with Crippen LogP contribution >= 0.6 is 15.9 Å². The van der Waals surface area contributed by atoms with Crippen LogP contribution in [0.25, 0.3) is 0 Å². The molecule has 2 aromatic heterocycles. The second kappa shape index (κ2) is 8.65. The average molecular weight is 488 g/mol. The normalized spacial score (nSPS) is 11.9. The lowest BCUT2D eigenvalue weighted by molar-refractivity contribution is 0.0991. The zero-order valence-electron chi connectivity index (χ0n) is 16.9. The smallest absolute Gasteiger partial charge is 0.263 e. The van der Waals surface area contributed by atoms with E-state index in [1.165, 1.54) is 6.20 Å². The minimum atomic E-state index is -3.83. The van der Waals surface area contributed by atoms with Crippen molar-refractivity contribution in [2.75, 3.05) is 4.72 Å². The number of nitrogens with zero attached hydrogens (tertiary/aromatic N) is 2. The van der Waals surface area contributed by atoms with Gasteiger partial charge in [0.15, 0.2) is 11.6 Å². The number of Topliss-reactive ketones (excluding diaryl/α,β-unsaturated/α-hetero) is 1. The summed E-state index contributed by atoms with van der Waals surface area (Å²) in [6, 6.07) is 13.5. The fraction of sp³-hybridized carbons (Fsp3) is 0.227. The first kappa shape index (κ1) is 22.1. The minimum absolute atomic E-state index is 0.0357. The molecule has 0 fully saturated rings. The molecule has 0 aliphatic carbocycles. The highest BCUT2D eigenvalue weighted by Gasteiger charge is 2.20. The van der Waals surface area contributed by atoms with E-state index in [0.29, 0.717) is 15.7 Å². The number of nitrogens with one attached hydrogen (secondary N) is 1. The molecule has 0 unspecified atom stereocenters. The third-order valence-corrected chi connectivity index (χ3v) is 6.49. The maximum atomic E-state index is 12.8. The van der Waals surface area contributed by atoms with Gasteiger partial charge in [0.2, 0.25) is 0 Å². The Morgan fingerprint density at radius 2 is 1.77 bits per heavy atom. The van der Waals surface area contributed by atoms with E-state index < -0.39 is 10.0 Å². The van der Waals surface area contributed by atoms with Gasteiger partial charge in [0.05, 0.1) is 21.5 Å². The van der Waals surface area contributed by atoms with Crippen molar-refractivity contribution in [2.45, 2.75) is 37.5 Å². The van der Waals surface area contributed by atoms with Crippen LogP contribution in [0.4, 0.5) is 5.82 Å². The number of halogens is 1. The molecule has 0 aliphatic heterocycles. The highest BCUT2D eigenvalue weighted by atomic mass is 79.9. The maximum Gasteiger partial charge on any atom is 0.263 e. The van der Waals surface area contributed by atoms with Crippen LogP contribution in [-0.2, 0) is 21.9 Å². The van der Waals surface area contributed by atoms with Gasteiger partial charge in [0.25, 0.3) is 10.0 Å². The van der Waals surface area contributed by atoms with Crippen LogP contribution in [-0.4, -0.2) is 24.2 Å². The van der Waals surface area contributed by atoms with Crippen molar-refractivity contribution in [2.24, 2.45) is 0 Å². The van der Waals surface area contributed by atoms with Crippen LogP contribution in [0.5, 0.6) is 0 Å². The zero-order valence-corrected chi connectivity index (χ0v) is 19.3. The van der Waals surface area contributed by atoms with Crippen molar-refractivity contribution in [1.29, 1.82) is 0 Å². The number of sulfonamides is 1. The monoisotopic (exact) mass is 487 g/mol. The number of rotatable bonds is 6. The first-order valence-corrected chi connectivity index (χ1v) is 11.6. The van der Waals surface area contributed by atoms with E-state index in [0.717, 1.165) is 5.56 Å². The number of hydrogen-bond acceptors (Lipinski definition) is 5. The van der Waals surface area contributed by atoms with Gasteiger partial charge in [-0.25, -0.2) is 13.4 Å². The summed E-state index contributed by atoms with van der Waals surface area (Å²) in [5, 5.41) is 0. The topological polar surface area (TPSA) is 89.0 Å². The standard InChI is InChI=1S/C22H22BrN3O3S/c1-22(2,3)16-6-9-18(10-7-16)30(28,29)26-21-19(23)11-8-17(25-21)13-20(27)15-5-4-12-24-14-15/h4-12,14H,13H2,1-3H3,(H,25,26). The Kier molecular flexibility index (Phi) is 6.38. The SMILES string of the molecule is CC(C)(C)c1ccc(S(=O)(=O)Nc2nc(CC(=O)c3cccnc3)ccc2Br)cc1. The molecule has 0 atom stereocenters. The molecule has 8 heteroatoms. The molecule has 0 saturated heterocycles. The molecule has 1 N–H and O–H groups in total. The molecule has 0 amide bonds. The van der Waals surface area contributed by atoms with Gasteiger partial charge in [0, 0.05) is 18.0 Å². The van der Waals surface area contributed by atoms with Crippen LogP contribution in [0, 0.1) is 0 Å². The van der Waals surface area contributed by atoms with E-state index in [2.05, 4.69) is 51.4 Å². The predicted molar refractivity (Wildman–Crippen MR) is 120 cm³/mol. The minimum Gasteiger partial charge on any atom is -0.294 e. The zero-order chi connectivity index (χ0) is 21.9. The molecule has 0 aliphatic rings. The molecule has 0 bridgehead atoms. The van der Waals surface area contributed by atoms with Gasteiger partial charge in [-0.2, -0.15) is 0 Å².